The number of alkyl halides is 1. The largest absolute Gasteiger partial charge is 0.417 e. The zero-order chi connectivity index (χ0) is 12.1. The quantitative estimate of drug-likeness (QED) is 0.583. The molecule has 1 saturated heterocycles. The van der Waals surface area contributed by atoms with E-state index in [1.807, 2.05) is 0 Å². The maximum Gasteiger partial charge on any atom is 0.211 e. The van der Waals surface area contributed by atoms with Crippen molar-refractivity contribution in [3.63, 3.8) is 0 Å². The number of benzene rings is 1. The molecule has 1 atom stereocenters. The first-order chi connectivity index (χ1) is 8.31. The van der Waals surface area contributed by atoms with Gasteiger partial charge in [0.05, 0.1) is 0 Å². The molecule has 1 fully saturated rings. The van der Waals surface area contributed by atoms with Gasteiger partial charge >= 0.3 is 0 Å². The van der Waals surface area contributed by atoms with Crippen LogP contribution in [-0.2, 0) is 10.3 Å². The Morgan fingerprint density at radius 3 is 2.88 bits per heavy atom. The number of halogens is 1. The molecule has 0 N–H and O–H groups in total. The van der Waals surface area contributed by atoms with E-state index < -0.39 is 9.04 Å². The molecule has 1 radical (unpaired) electrons. The number of rotatable bonds is 4. The molecular weight excluding hydrogens is 248 g/mol. The lowest BCUT2D eigenvalue weighted by Crippen LogP contribution is -2.24. The predicted molar refractivity (Wildman–Crippen MR) is 75.0 cm³/mol. The molecule has 0 aliphatic carbocycles. The van der Waals surface area contributed by atoms with E-state index in [0.29, 0.717) is 11.8 Å². The maximum absolute atomic E-state index is 6.00. The molecule has 17 heavy (non-hydrogen) atoms. The van der Waals surface area contributed by atoms with Gasteiger partial charge in [-0.3, -0.25) is 0 Å². The van der Waals surface area contributed by atoms with Gasteiger partial charge in [-0.2, -0.15) is 0 Å². The molecule has 1 aliphatic heterocycles. The van der Waals surface area contributed by atoms with Gasteiger partial charge in [-0.25, -0.2) is 0 Å². The van der Waals surface area contributed by atoms with Crippen LogP contribution < -0.4 is 0 Å². The summed E-state index contributed by atoms with van der Waals surface area (Å²) in [5, 5.41) is 0. The molecule has 0 saturated carbocycles. The minimum Gasteiger partial charge on any atom is -0.417 e. The van der Waals surface area contributed by atoms with Crippen LogP contribution in [0.2, 0.25) is 12.1 Å². The van der Waals surface area contributed by atoms with Gasteiger partial charge in [-0.1, -0.05) is 37.6 Å². The third kappa shape index (κ3) is 3.57. The SMILES string of the molecule is CC(C[Si]1CCCCO1)c1ccccc1CCl. The molecule has 2 rings (SSSR count). The standard InChI is InChI=1S/C14H20ClOSi/c1-12(11-17-9-5-4-8-16-17)14-7-3-2-6-13(14)10-15/h2-3,6-7,12H,4-5,8-11H2,1H3. The van der Waals surface area contributed by atoms with Crippen LogP contribution in [0.3, 0.4) is 0 Å². The molecule has 0 spiro atoms. The lowest BCUT2D eigenvalue weighted by Gasteiger charge is -2.24. The summed E-state index contributed by atoms with van der Waals surface area (Å²) < 4.78 is 5.91. The zero-order valence-electron chi connectivity index (χ0n) is 10.4. The molecule has 0 aromatic heterocycles. The third-order valence-electron chi connectivity index (χ3n) is 3.42. The first-order valence-corrected chi connectivity index (χ1v) is 8.78. The first kappa shape index (κ1) is 13.1. The van der Waals surface area contributed by atoms with Crippen LogP contribution in [0.15, 0.2) is 24.3 Å². The van der Waals surface area contributed by atoms with E-state index >= 15 is 0 Å². The topological polar surface area (TPSA) is 9.23 Å². The van der Waals surface area contributed by atoms with Gasteiger partial charge in [0.2, 0.25) is 9.04 Å². The van der Waals surface area contributed by atoms with E-state index in [-0.39, 0.29) is 0 Å². The van der Waals surface area contributed by atoms with Gasteiger partial charge in [-0.05, 0) is 35.6 Å². The Kier molecular flexibility index (Phi) is 5.08. The zero-order valence-corrected chi connectivity index (χ0v) is 12.2. The van der Waals surface area contributed by atoms with Crippen molar-refractivity contribution in [3.8, 4) is 0 Å². The van der Waals surface area contributed by atoms with Gasteiger partial charge in [0.1, 0.15) is 0 Å². The first-order valence-electron chi connectivity index (χ1n) is 6.42. The van der Waals surface area contributed by atoms with Crippen molar-refractivity contribution < 1.29 is 4.43 Å². The van der Waals surface area contributed by atoms with Crippen LogP contribution in [0.25, 0.3) is 0 Å². The van der Waals surface area contributed by atoms with Crippen LogP contribution in [0.4, 0.5) is 0 Å². The summed E-state index contributed by atoms with van der Waals surface area (Å²) in [5.74, 6) is 1.20. The van der Waals surface area contributed by atoms with Gasteiger partial charge in [0, 0.05) is 12.5 Å². The Labute approximate surface area is 111 Å². The monoisotopic (exact) mass is 267 g/mol. The second-order valence-corrected chi connectivity index (χ2v) is 7.32. The summed E-state index contributed by atoms with van der Waals surface area (Å²) in [5.41, 5.74) is 2.69. The van der Waals surface area contributed by atoms with E-state index in [0.717, 1.165) is 6.61 Å². The Morgan fingerprint density at radius 1 is 1.35 bits per heavy atom. The Balaban J connectivity index is 2.00. The molecule has 1 heterocycles. The summed E-state index contributed by atoms with van der Waals surface area (Å²) in [7, 11) is -0.562. The lowest BCUT2D eigenvalue weighted by atomic mass is 9.98. The fourth-order valence-electron chi connectivity index (χ4n) is 2.46. The second-order valence-electron chi connectivity index (χ2n) is 4.78. The average Bonchev–Trinajstić information content (AvgIpc) is 2.40. The van der Waals surface area contributed by atoms with Crippen LogP contribution in [0, 0.1) is 0 Å². The predicted octanol–water partition coefficient (Wildman–Crippen LogP) is 4.33. The summed E-state index contributed by atoms with van der Waals surface area (Å²) in [6.07, 6.45) is 2.61. The number of hydrogen-bond acceptors (Lipinski definition) is 1. The third-order valence-corrected chi connectivity index (χ3v) is 6.30. The van der Waals surface area contributed by atoms with E-state index in [2.05, 4.69) is 31.2 Å². The molecule has 93 valence electrons. The van der Waals surface area contributed by atoms with Crippen LogP contribution in [0.1, 0.15) is 36.8 Å². The van der Waals surface area contributed by atoms with Crippen molar-refractivity contribution in [1.82, 2.24) is 0 Å². The van der Waals surface area contributed by atoms with Crippen LogP contribution in [-0.4, -0.2) is 15.6 Å². The van der Waals surface area contributed by atoms with Crippen molar-refractivity contribution in [2.45, 2.75) is 43.7 Å². The summed E-state index contributed by atoms with van der Waals surface area (Å²) in [4.78, 5) is 0. The highest BCUT2D eigenvalue weighted by Crippen LogP contribution is 2.28. The highest BCUT2D eigenvalue weighted by atomic mass is 35.5. The van der Waals surface area contributed by atoms with E-state index in [9.17, 15) is 0 Å². The minimum atomic E-state index is -0.562. The average molecular weight is 268 g/mol. The van der Waals surface area contributed by atoms with Gasteiger partial charge < -0.3 is 4.43 Å². The van der Waals surface area contributed by atoms with E-state index in [1.54, 1.807) is 0 Å². The lowest BCUT2D eigenvalue weighted by molar-refractivity contribution is 0.285. The van der Waals surface area contributed by atoms with Crippen molar-refractivity contribution in [2.75, 3.05) is 6.61 Å². The van der Waals surface area contributed by atoms with Crippen LogP contribution >= 0.6 is 11.6 Å². The van der Waals surface area contributed by atoms with Crippen molar-refractivity contribution in [2.24, 2.45) is 0 Å². The molecule has 1 aromatic carbocycles. The molecule has 0 bridgehead atoms. The van der Waals surface area contributed by atoms with E-state index in [1.165, 1.54) is 36.1 Å². The van der Waals surface area contributed by atoms with Crippen molar-refractivity contribution >= 4 is 20.6 Å². The second kappa shape index (κ2) is 6.57. The van der Waals surface area contributed by atoms with Gasteiger partial charge in [0.15, 0.2) is 0 Å². The highest BCUT2D eigenvalue weighted by molar-refractivity contribution is 6.52. The van der Waals surface area contributed by atoms with Crippen molar-refractivity contribution in [1.29, 1.82) is 0 Å². The molecule has 3 heteroatoms. The Bertz CT molecular complexity index is 350. The summed E-state index contributed by atoms with van der Waals surface area (Å²) in [6, 6.07) is 11.1. The Morgan fingerprint density at radius 2 is 2.18 bits per heavy atom. The molecule has 1 nitrogen and oxygen atoms in total. The summed E-state index contributed by atoms with van der Waals surface area (Å²) in [6.45, 7) is 3.29. The Hall–Kier alpha value is -0.313. The van der Waals surface area contributed by atoms with E-state index in [4.69, 9.17) is 16.0 Å². The maximum atomic E-state index is 6.00. The smallest absolute Gasteiger partial charge is 0.211 e. The summed E-state index contributed by atoms with van der Waals surface area (Å²) >= 11 is 6.00. The minimum absolute atomic E-state index is 0.562. The normalized spacial score (nSPS) is 19.2. The fraction of sp³-hybridized carbons (Fsp3) is 0.571. The van der Waals surface area contributed by atoms with Gasteiger partial charge in [-0.15, -0.1) is 11.6 Å². The number of hydrogen-bond donors (Lipinski definition) is 0. The molecule has 1 unspecified atom stereocenters. The molecule has 0 amide bonds. The molecule has 1 aromatic rings. The van der Waals surface area contributed by atoms with Crippen molar-refractivity contribution in [3.05, 3.63) is 35.4 Å². The van der Waals surface area contributed by atoms with Gasteiger partial charge in [0.25, 0.3) is 0 Å². The highest BCUT2D eigenvalue weighted by Gasteiger charge is 2.21. The fourth-order valence-corrected chi connectivity index (χ4v) is 5.15. The van der Waals surface area contributed by atoms with Crippen LogP contribution in [0.5, 0.6) is 0 Å². The molecular formula is C14H20ClOSi. The molecule has 1 aliphatic rings.